The van der Waals surface area contributed by atoms with Crippen LogP contribution in [0, 0.1) is 5.92 Å². The molecule has 0 saturated heterocycles. The van der Waals surface area contributed by atoms with Crippen molar-refractivity contribution in [3.05, 3.63) is 60.2 Å². The molecule has 7 nitrogen and oxygen atoms in total. The van der Waals surface area contributed by atoms with Gasteiger partial charge in [-0.05, 0) is 42.2 Å². The lowest BCUT2D eigenvalue weighted by molar-refractivity contribution is -0.127. The maximum atomic E-state index is 12.8. The van der Waals surface area contributed by atoms with Gasteiger partial charge in [-0.3, -0.25) is 14.9 Å². The molecule has 0 aliphatic heterocycles. The Bertz CT molecular complexity index is 1000. The lowest BCUT2D eigenvalue weighted by Gasteiger charge is -2.21. The highest BCUT2D eigenvalue weighted by Gasteiger charge is 2.25. The largest absolute Gasteiger partial charge is 0.497 e. The zero-order valence-electron chi connectivity index (χ0n) is 17.8. The third-order valence-electron chi connectivity index (χ3n) is 4.74. The number of nitrogens with zero attached hydrogens (tertiary/aromatic N) is 2. The minimum Gasteiger partial charge on any atom is -0.497 e. The van der Waals surface area contributed by atoms with Gasteiger partial charge in [0.1, 0.15) is 16.8 Å². The van der Waals surface area contributed by atoms with Crippen molar-refractivity contribution < 1.29 is 14.3 Å². The first-order chi connectivity index (χ1) is 15.0. The van der Waals surface area contributed by atoms with Crippen molar-refractivity contribution in [3.63, 3.8) is 0 Å². The van der Waals surface area contributed by atoms with Crippen molar-refractivity contribution in [2.75, 3.05) is 12.4 Å². The van der Waals surface area contributed by atoms with Gasteiger partial charge >= 0.3 is 0 Å². The highest BCUT2D eigenvalue weighted by molar-refractivity contribution is 7.18. The predicted octanol–water partition coefficient (Wildman–Crippen LogP) is 3.93. The first-order valence-corrected chi connectivity index (χ1v) is 10.9. The number of amides is 2. The molecule has 162 valence electrons. The first kappa shape index (κ1) is 22.4. The van der Waals surface area contributed by atoms with E-state index in [-0.39, 0.29) is 17.7 Å². The van der Waals surface area contributed by atoms with Gasteiger partial charge in [0.2, 0.25) is 16.9 Å². The van der Waals surface area contributed by atoms with E-state index in [1.54, 1.807) is 7.11 Å². The molecule has 0 fully saturated rings. The number of nitrogens with one attached hydrogen (secondary N) is 2. The van der Waals surface area contributed by atoms with Crippen molar-refractivity contribution in [2.24, 2.45) is 5.92 Å². The van der Waals surface area contributed by atoms with Gasteiger partial charge in [-0.1, -0.05) is 55.5 Å². The highest BCUT2D eigenvalue weighted by Crippen LogP contribution is 2.28. The maximum Gasteiger partial charge on any atom is 0.249 e. The summed E-state index contributed by atoms with van der Waals surface area (Å²) in [5, 5.41) is 14.9. The van der Waals surface area contributed by atoms with E-state index in [0.717, 1.165) is 16.9 Å². The summed E-state index contributed by atoms with van der Waals surface area (Å²) in [5.74, 6) is 0.216. The molecule has 2 aromatic carbocycles. The van der Waals surface area contributed by atoms with E-state index >= 15 is 0 Å². The quantitative estimate of drug-likeness (QED) is 0.528. The van der Waals surface area contributed by atoms with Gasteiger partial charge in [0.05, 0.1) is 7.11 Å². The van der Waals surface area contributed by atoms with Crippen LogP contribution in [0.2, 0.25) is 0 Å². The van der Waals surface area contributed by atoms with Crippen LogP contribution in [0.3, 0.4) is 0 Å². The predicted molar refractivity (Wildman–Crippen MR) is 122 cm³/mol. The van der Waals surface area contributed by atoms with E-state index in [9.17, 15) is 9.59 Å². The molecule has 8 heteroatoms. The minimum absolute atomic E-state index is 0.0744. The summed E-state index contributed by atoms with van der Waals surface area (Å²) in [6.45, 7) is 3.79. The average molecular weight is 439 g/mol. The van der Waals surface area contributed by atoms with Crippen LogP contribution in [0.25, 0.3) is 10.6 Å². The number of rotatable bonds is 9. The third kappa shape index (κ3) is 6.36. The highest BCUT2D eigenvalue weighted by atomic mass is 32.1. The number of benzene rings is 2. The summed E-state index contributed by atoms with van der Waals surface area (Å²) in [4.78, 5) is 25.2. The number of aromatic nitrogens is 2. The Morgan fingerprint density at radius 3 is 2.39 bits per heavy atom. The minimum atomic E-state index is -0.656. The molecular weight excluding hydrogens is 412 g/mol. The van der Waals surface area contributed by atoms with Gasteiger partial charge in [-0.15, -0.1) is 10.2 Å². The molecule has 0 saturated carbocycles. The van der Waals surface area contributed by atoms with Crippen LogP contribution < -0.4 is 15.4 Å². The van der Waals surface area contributed by atoms with Gasteiger partial charge in [-0.2, -0.15) is 0 Å². The van der Waals surface area contributed by atoms with Crippen LogP contribution in [-0.2, 0) is 16.0 Å². The molecule has 0 aliphatic carbocycles. The van der Waals surface area contributed by atoms with Gasteiger partial charge in [0.25, 0.3) is 0 Å². The van der Waals surface area contributed by atoms with Crippen LogP contribution in [0.1, 0.15) is 25.8 Å². The number of carbonyl (C=O) groups is 2. The van der Waals surface area contributed by atoms with Gasteiger partial charge in [-0.25, -0.2) is 0 Å². The number of hydrogen-bond acceptors (Lipinski definition) is 6. The second-order valence-electron chi connectivity index (χ2n) is 7.40. The summed E-state index contributed by atoms with van der Waals surface area (Å²) < 4.78 is 5.16. The van der Waals surface area contributed by atoms with Crippen LogP contribution in [-0.4, -0.2) is 35.2 Å². The maximum absolute atomic E-state index is 12.8. The normalized spacial score (nSPS) is 11.7. The molecular formula is C23H26N4O3S. The molecule has 0 aliphatic rings. The Morgan fingerprint density at radius 1 is 1.03 bits per heavy atom. The molecule has 1 unspecified atom stereocenters. The van der Waals surface area contributed by atoms with E-state index in [1.807, 2.05) is 68.4 Å². The topological polar surface area (TPSA) is 93.2 Å². The lowest BCUT2D eigenvalue weighted by atomic mass is 10.0. The molecule has 3 aromatic rings. The van der Waals surface area contributed by atoms with E-state index in [0.29, 0.717) is 23.0 Å². The summed E-state index contributed by atoms with van der Waals surface area (Å²) in [7, 11) is 1.61. The van der Waals surface area contributed by atoms with Crippen LogP contribution in [0.4, 0.5) is 5.13 Å². The Kier molecular flexibility index (Phi) is 7.72. The smallest absolute Gasteiger partial charge is 0.249 e. The molecule has 1 atom stereocenters. The van der Waals surface area contributed by atoms with Gasteiger partial charge < -0.3 is 10.1 Å². The number of methoxy groups -OCH3 is 1. The Labute approximate surface area is 185 Å². The molecule has 2 amide bonds. The first-order valence-electron chi connectivity index (χ1n) is 10.1. The summed E-state index contributed by atoms with van der Waals surface area (Å²) in [6, 6.07) is 16.6. The number of ether oxygens (including phenoxy) is 1. The fourth-order valence-corrected chi connectivity index (χ4v) is 3.74. The molecule has 0 bridgehead atoms. The zero-order valence-corrected chi connectivity index (χ0v) is 18.6. The van der Waals surface area contributed by atoms with Crippen LogP contribution >= 0.6 is 11.3 Å². The second-order valence-corrected chi connectivity index (χ2v) is 8.38. The number of anilines is 1. The monoisotopic (exact) mass is 438 g/mol. The van der Waals surface area contributed by atoms with Crippen molar-refractivity contribution in [1.82, 2.24) is 15.5 Å². The average Bonchev–Trinajstić information content (AvgIpc) is 3.25. The standard InChI is InChI=1S/C23H26N4O3S/c1-15(2)20(24-19(28)14-9-16-7-5-4-6-8-16)21(29)25-23-27-26-22(31-23)17-10-12-18(30-3)13-11-17/h4-8,10-13,15,20H,9,14H2,1-3H3,(H,24,28)(H,25,27,29). The Balaban J connectivity index is 1.58. The number of carbonyl (C=O) groups excluding carboxylic acids is 2. The Morgan fingerprint density at radius 2 is 1.74 bits per heavy atom. The van der Waals surface area contributed by atoms with Crippen molar-refractivity contribution in [1.29, 1.82) is 0 Å². The zero-order chi connectivity index (χ0) is 22.2. The van der Waals surface area contributed by atoms with Crippen molar-refractivity contribution >= 4 is 28.3 Å². The van der Waals surface area contributed by atoms with Crippen LogP contribution in [0.5, 0.6) is 5.75 Å². The van der Waals surface area contributed by atoms with E-state index < -0.39 is 6.04 Å². The molecule has 0 spiro atoms. The summed E-state index contributed by atoms with van der Waals surface area (Å²) in [6.07, 6.45) is 0.946. The van der Waals surface area contributed by atoms with Crippen LogP contribution in [0.15, 0.2) is 54.6 Å². The fraction of sp³-hybridized carbons (Fsp3) is 0.304. The van der Waals surface area contributed by atoms with Gasteiger partial charge in [0.15, 0.2) is 0 Å². The van der Waals surface area contributed by atoms with E-state index in [1.165, 1.54) is 11.3 Å². The van der Waals surface area contributed by atoms with Crippen molar-refractivity contribution in [2.45, 2.75) is 32.7 Å². The summed E-state index contributed by atoms with van der Waals surface area (Å²) in [5.41, 5.74) is 1.97. The molecule has 1 aromatic heterocycles. The SMILES string of the molecule is COc1ccc(-c2nnc(NC(=O)C(NC(=O)CCc3ccccc3)C(C)C)s2)cc1. The molecule has 1 heterocycles. The lowest BCUT2D eigenvalue weighted by Crippen LogP contribution is -2.47. The number of aryl methyl sites for hydroxylation is 1. The van der Waals surface area contributed by atoms with Gasteiger partial charge in [0, 0.05) is 12.0 Å². The molecule has 3 rings (SSSR count). The second kappa shape index (κ2) is 10.7. The van der Waals surface area contributed by atoms with Crippen molar-refractivity contribution in [3.8, 4) is 16.3 Å². The van der Waals surface area contributed by atoms with E-state index in [4.69, 9.17) is 4.74 Å². The molecule has 2 N–H and O–H groups in total. The Hall–Kier alpha value is -3.26. The molecule has 31 heavy (non-hydrogen) atoms. The number of hydrogen-bond donors (Lipinski definition) is 2. The fourth-order valence-electron chi connectivity index (χ4n) is 2.99. The van der Waals surface area contributed by atoms with E-state index in [2.05, 4.69) is 20.8 Å². The third-order valence-corrected chi connectivity index (χ3v) is 5.63. The molecule has 0 radical (unpaired) electrons. The summed E-state index contributed by atoms with van der Waals surface area (Å²) >= 11 is 1.28.